The largest absolute Gasteiger partial charge is 0.335 e. The van der Waals surface area contributed by atoms with Crippen molar-refractivity contribution in [3.63, 3.8) is 0 Å². The molecule has 0 aliphatic carbocycles. The average molecular weight is 478 g/mol. The molecule has 0 bridgehead atoms. The fourth-order valence-electron chi connectivity index (χ4n) is 2.70. The third-order valence-electron chi connectivity index (χ3n) is 4.17. The fourth-order valence-corrected chi connectivity index (χ4v) is 7.33. The number of amides is 1. The van der Waals surface area contributed by atoms with Crippen LogP contribution in [0.5, 0.6) is 0 Å². The second kappa shape index (κ2) is 7.67. The Morgan fingerprint density at radius 2 is 1.85 bits per heavy atom. The lowest BCUT2D eigenvalue weighted by Gasteiger charge is -2.33. The van der Waals surface area contributed by atoms with Crippen LogP contribution < -0.4 is 0 Å². The van der Waals surface area contributed by atoms with Crippen LogP contribution in [0.3, 0.4) is 0 Å². The Morgan fingerprint density at radius 3 is 2.35 bits per heavy atom. The molecule has 3 rings (SSSR count). The van der Waals surface area contributed by atoms with Crippen molar-refractivity contribution in [3.8, 4) is 0 Å². The summed E-state index contributed by atoms with van der Waals surface area (Å²) in [6.45, 7) is 7.35. The van der Waals surface area contributed by atoms with E-state index in [0.717, 1.165) is 14.5 Å². The summed E-state index contributed by atoms with van der Waals surface area (Å²) in [6.07, 6.45) is 0. The van der Waals surface area contributed by atoms with Crippen LogP contribution in [0.2, 0.25) is 0 Å². The van der Waals surface area contributed by atoms with E-state index < -0.39 is 10.0 Å². The molecule has 2 aromatic rings. The van der Waals surface area contributed by atoms with Crippen molar-refractivity contribution in [3.05, 3.63) is 31.5 Å². The normalized spacial score (nSPS) is 16.4. The molecule has 10 heteroatoms. The van der Waals surface area contributed by atoms with Gasteiger partial charge in [0.1, 0.15) is 9.09 Å². The Bertz CT molecular complexity index is 912. The highest BCUT2D eigenvalue weighted by Crippen LogP contribution is 2.30. The van der Waals surface area contributed by atoms with E-state index in [2.05, 4.69) is 34.8 Å². The molecule has 1 amide bonds. The van der Waals surface area contributed by atoms with Crippen molar-refractivity contribution in [2.24, 2.45) is 0 Å². The standard InChI is InChI=1S/C16H20BrN3O3S3/c1-10(2)15-18-11(3)14(25-15)16(21)19-6-8-20(9-7-19)26(22,23)13-5-4-12(17)24-13/h4-5,10H,6-9H2,1-3H3. The third-order valence-corrected chi connectivity index (χ3v) is 9.61. The van der Waals surface area contributed by atoms with Crippen molar-refractivity contribution in [1.29, 1.82) is 0 Å². The molecule has 0 aromatic carbocycles. The molecule has 1 aliphatic rings. The molecule has 0 N–H and O–H groups in total. The Kier molecular flexibility index (Phi) is 5.88. The van der Waals surface area contributed by atoms with Gasteiger partial charge in [0.2, 0.25) is 0 Å². The van der Waals surface area contributed by atoms with E-state index in [9.17, 15) is 13.2 Å². The number of rotatable bonds is 4. The monoisotopic (exact) mass is 477 g/mol. The predicted octanol–water partition coefficient (Wildman–Crippen LogP) is 3.55. The maximum Gasteiger partial charge on any atom is 0.265 e. The molecule has 0 saturated carbocycles. The van der Waals surface area contributed by atoms with Gasteiger partial charge in [-0.15, -0.1) is 22.7 Å². The Morgan fingerprint density at radius 1 is 1.19 bits per heavy atom. The number of sulfonamides is 1. The summed E-state index contributed by atoms with van der Waals surface area (Å²) in [5.74, 6) is 0.232. The molecule has 0 atom stereocenters. The van der Waals surface area contributed by atoms with Crippen LogP contribution in [0.15, 0.2) is 20.1 Å². The van der Waals surface area contributed by atoms with Gasteiger partial charge in [-0.3, -0.25) is 4.79 Å². The number of aryl methyl sites for hydroxylation is 1. The first-order valence-electron chi connectivity index (χ1n) is 8.22. The summed E-state index contributed by atoms with van der Waals surface area (Å²) in [6, 6.07) is 3.34. The second-order valence-electron chi connectivity index (χ2n) is 6.38. The number of hydrogen-bond donors (Lipinski definition) is 0. The van der Waals surface area contributed by atoms with Gasteiger partial charge in [0, 0.05) is 32.1 Å². The quantitative estimate of drug-likeness (QED) is 0.674. The zero-order valence-electron chi connectivity index (χ0n) is 14.7. The maximum absolute atomic E-state index is 12.8. The van der Waals surface area contributed by atoms with Gasteiger partial charge in [-0.2, -0.15) is 4.31 Å². The number of aromatic nitrogens is 1. The van der Waals surface area contributed by atoms with Crippen LogP contribution in [0.4, 0.5) is 0 Å². The van der Waals surface area contributed by atoms with Gasteiger partial charge in [-0.05, 0) is 35.0 Å². The van der Waals surface area contributed by atoms with Crippen LogP contribution in [0.25, 0.3) is 0 Å². The molecule has 1 saturated heterocycles. The number of hydrogen-bond acceptors (Lipinski definition) is 6. The van der Waals surface area contributed by atoms with E-state index in [4.69, 9.17) is 0 Å². The topological polar surface area (TPSA) is 70.6 Å². The van der Waals surface area contributed by atoms with E-state index in [1.165, 1.54) is 27.0 Å². The van der Waals surface area contributed by atoms with Crippen molar-refractivity contribution in [2.45, 2.75) is 30.9 Å². The van der Waals surface area contributed by atoms with E-state index in [1.54, 1.807) is 17.0 Å². The zero-order chi connectivity index (χ0) is 19.1. The van der Waals surface area contributed by atoms with Crippen LogP contribution in [0, 0.1) is 6.92 Å². The molecule has 6 nitrogen and oxygen atoms in total. The molecule has 26 heavy (non-hydrogen) atoms. The number of carbonyl (C=O) groups excluding carboxylic acids is 1. The van der Waals surface area contributed by atoms with Gasteiger partial charge in [0.25, 0.3) is 15.9 Å². The van der Waals surface area contributed by atoms with Crippen molar-refractivity contribution in [2.75, 3.05) is 26.2 Å². The van der Waals surface area contributed by atoms with Crippen LogP contribution in [-0.4, -0.2) is 54.7 Å². The molecule has 0 unspecified atom stereocenters. The summed E-state index contributed by atoms with van der Waals surface area (Å²) < 4.78 is 27.9. The highest BCUT2D eigenvalue weighted by Gasteiger charge is 2.32. The SMILES string of the molecule is Cc1nc(C(C)C)sc1C(=O)N1CCN(S(=O)(=O)c2ccc(Br)s2)CC1. The molecular weight excluding hydrogens is 458 g/mol. The summed E-state index contributed by atoms with van der Waals surface area (Å²) >= 11 is 5.94. The predicted molar refractivity (Wildman–Crippen MR) is 108 cm³/mol. The lowest BCUT2D eigenvalue weighted by atomic mass is 10.2. The van der Waals surface area contributed by atoms with Gasteiger partial charge >= 0.3 is 0 Å². The van der Waals surface area contributed by atoms with Gasteiger partial charge in [0.05, 0.1) is 14.5 Å². The highest BCUT2D eigenvalue weighted by atomic mass is 79.9. The first kappa shape index (κ1) is 19.9. The summed E-state index contributed by atoms with van der Waals surface area (Å²) in [4.78, 5) is 19.7. The molecule has 1 fully saturated rings. The summed E-state index contributed by atoms with van der Waals surface area (Å²) in [5.41, 5.74) is 0.752. The first-order chi connectivity index (χ1) is 12.2. The summed E-state index contributed by atoms with van der Waals surface area (Å²) in [7, 11) is -3.50. The van der Waals surface area contributed by atoms with Gasteiger partial charge in [0.15, 0.2) is 0 Å². The Balaban J connectivity index is 1.69. The Labute approximate surface area is 170 Å². The molecular formula is C16H20BrN3O3S3. The molecule has 2 aromatic heterocycles. The number of carbonyl (C=O) groups is 1. The molecule has 3 heterocycles. The number of nitrogens with zero attached hydrogens (tertiary/aromatic N) is 3. The van der Waals surface area contributed by atoms with Crippen molar-refractivity contribution < 1.29 is 13.2 Å². The smallest absolute Gasteiger partial charge is 0.265 e. The number of piperazine rings is 1. The molecule has 0 spiro atoms. The number of thiazole rings is 1. The van der Waals surface area contributed by atoms with E-state index in [1.807, 2.05) is 6.92 Å². The van der Waals surface area contributed by atoms with Crippen LogP contribution in [0.1, 0.15) is 40.1 Å². The van der Waals surface area contributed by atoms with Gasteiger partial charge in [-0.25, -0.2) is 13.4 Å². The molecule has 1 aliphatic heterocycles. The second-order valence-corrected chi connectivity index (χ2v) is 12.0. The summed E-state index contributed by atoms with van der Waals surface area (Å²) in [5, 5.41) is 0.954. The average Bonchev–Trinajstić information content (AvgIpc) is 3.21. The fraction of sp³-hybridized carbons (Fsp3) is 0.500. The Hall–Kier alpha value is -0.810. The number of halogens is 1. The van der Waals surface area contributed by atoms with Crippen LogP contribution in [-0.2, 0) is 10.0 Å². The van der Waals surface area contributed by atoms with E-state index in [-0.39, 0.29) is 11.8 Å². The van der Waals surface area contributed by atoms with Crippen molar-refractivity contribution in [1.82, 2.24) is 14.2 Å². The van der Waals surface area contributed by atoms with Gasteiger partial charge in [-0.1, -0.05) is 13.8 Å². The molecule has 0 radical (unpaired) electrons. The lowest BCUT2D eigenvalue weighted by Crippen LogP contribution is -2.50. The minimum absolute atomic E-state index is 0.0529. The lowest BCUT2D eigenvalue weighted by molar-refractivity contribution is 0.0702. The zero-order valence-corrected chi connectivity index (χ0v) is 18.8. The van der Waals surface area contributed by atoms with Crippen molar-refractivity contribution >= 4 is 54.5 Å². The van der Waals surface area contributed by atoms with Crippen LogP contribution >= 0.6 is 38.6 Å². The highest BCUT2D eigenvalue weighted by molar-refractivity contribution is 9.11. The van der Waals surface area contributed by atoms with E-state index in [0.29, 0.717) is 35.3 Å². The maximum atomic E-state index is 12.8. The van der Waals surface area contributed by atoms with E-state index >= 15 is 0 Å². The van der Waals surface area contributed by atoms with Gasteiger partial charge < -0.3 is 4.90 Å². The third kappa shape index (κ3) is 3.89. The first-order valence-corrected chi connectivity index (χ1v) is 12.1. The molecule has 142 valence electrons. The number of thiophene rings is 1. The minimum Gasteiger partial charge on any atom is -0.335 e. The minimum atomic E-state index is -3.50.